The second-order valence-electron chi connectivity index (χ2n) is 1.50. The third-order valence-electron chi connectivity index (χ3n) is 0.829. The molecule has 0 saturated carbocycles. The van der Waals surface area contributed by atoms with E-state index in [-0.39, 0.29) is 31.0 Å². The van der Waals surface area contributed by atoms with Gasteiger partial charge in [-0.05, 0) is 0 Å². The zero-order valence-corrected chi connectivity index (χ0v) is 8.37. The third-order valence-corrected chi connectivity index (χ3v) is 1.97. The molecule has 0 aliphatic rings. The van der Waals surface area contributed by atoms with Crippen LogP contribution in [0.25, 0.3) is 0 Å². The first-order valence-corrected chi connectivity index (χ1v) is 3.70. The molecule has 0 aromatic rings. The largest absolute Gasteiger partial charge is 1.00 e. The summed E-state index contributed by atoms with van der Waals surface area (Å²) >= 11 is 0. The first-order chi connectivity index (χ1) is 4.02. The Morgan fingerprint density at radius 1 is 1.30 bits per heavy atom. The summed E-state index contributed by atoms with van der Waals surface area (Å²) in [6, 6.07) is 0. The molecule has 0 radical (unpaired) electrons. The Kier molecular flexibility index (Phi) is 7.35. The van der Waals surface area contributed by atoms with Crippen LogP contribution in [0.15, 0.2) is 0 Å². The van der Waals surface area contributed by atoms with E-state index in [1.807, 2.05) is 0 Å². The second kappa shape index (κ2) is 5.48. The van der Waals surface area contributed by atoms with E-state index in [1.54, 1.807) is 0 Å². The minimum absolute atomic E-state index is 0. The fraction of sp³-hybridized carbons (Fsp3) is 1.00. The summed E-state index contributed by atoms with van der Waals surface area (Å²) in [5, 5.41) is 14.9. The van der Waals surface area contributed by atoms with E-state index in [9.17, 15) is 8.42 Å². The topological polar surface area (TPSA) is 94.8 Å². The summed E-state index contributed by atoms with van der Waals surface area (Å²) in [6.07, 6.45) is 0. The van der Waals surface area contributed by atoms with Crippen LogP contribution in [0, 0.1) is 0 Å². The maximum absolute atomic E-state index is 10.0. The molecule has 0 unspecified atom stereocenters. The van der Waals surface area contributed by atoms with Crippen LogP contribution in [0.4, 0.5) is 0 Å². The summed E-state index contributed by atoms with van der Waals surface area (Å²) < 4.78 is 28.2. The molecule has 0 atom stereocenters. The Hall–Kier alpha value is 0.830. The maximum atomic E-state index is 10.0. The smallest absolute Gasteiger partial charge is 1.00 e. The van der Waals surface area contributed by atoms with E-state index in [4.69, 9.17) is 14.8 Å². The second-order valence-corrected chi connectivity index (χ2v) is 3.20. The Balaban J connectivity index is -0.000000320. The van der Waals surface area contributed by atoms with E-state index in [0.717, 1.165) is 0 Å². The van der Waals surface area contributed by atoms with Crippen LogP contribution in [-0.2, 0) is 10.1 Å². The minimum Gasteiger partial charge on any atom is -1.00 e. The third kappa shape index (κ3) is 4.62. The molecule has 0 spiro atoms. The summed E-state index contributed by atoms with van der Waals surface area (Å²) in [5.41, 5.74) is 0. The van der Waals surface area contributed by atoms with Crippen molar-refractivity contribution < 1.29 is 54.2 Å². The predicted octanol–water partition coefficient (Wildman–Crippen LogP) is -4.66. The predicted molar refractivity (Wildman–Crippen MR) is 30.6 cm³/mol. The van der Waals surface area contributed by atoms with Gasteiger partial charge in [0.15, 0.2) is 0 Å². The number of aliphatic hydroxyl groups is 2. The monoisotopic (exact) mass is 180 g/mol. The van der Waals surface area contributed by atoms with Gasteiger partial charge >= 0.3 is 29.6 Å². The van der Waals surface area contributed by atoms with Crippen molar-refractivity contribution in [1.82, 2.24) is 0 Å². The zero-order chi connectivity index (χ0) is 7.49. The maximum Gasteiger partial charge on any atom is 1.00 e. The molecule has 0 aromatic carbocycles. The number of hydrogen-bond donors (Lipinski definition) is 3. The van der Waals surface area contributed by atoms with E-state index in [1.165, 1.54) is 0 Å². The summed E-state index contributed by atoms with van der Waals surface area (Å²) in [4.78, 5) is 0. The Bertz CT molecular complexity index is 165. The molecular weight excluding hydrogens is 171 g/mol. The molecule has 10 heavy (non-hydrogen) atoms. The number of hydrogen-bond acceptors (Lipinski definition) is 4. The Morgan fingerprint density at radius 3 is 1.60 bits per heavy atom. The molecule has 5 nitrogen and oxygen atoms in total. The molecule has 0 heterocycles. The van der Waals surface area contributed by atoms with Crippen molar-refractivity contribution in [3.63, 3.8) is 0 Å². The van der Waals surface area contributed by atoms with E-state index in [0.29, 0.717) is 0 Å². The van der Waals surface area contributed by atoms with Gasteiger partial charge in [0, 0.05) is 0 Å². The Labute approximate surface area is 82.6 Å². The van der Waals surface area contributed by atoms with Crippen LogP contribution < -0.4 is 29.6 Å². The van der Waals surface area contributed by atoms with Crippen LogP contribution >= 0.6 is 0 Å². The van der Waals surface area contributed by atoms with Crippen LogP contribution in [0.5, 0.6) is 0 Å². The molecule has 3 N–H and O–H groups in total. The van der Waals surface area contributed by atoms with Gasteiger partial charge in [-0.3, -0.25) is 4.55 Å². The normalized spacial score (nSPS) is 11.2. The molecule has 0 aliphatic carbocycles. The van der Waals surface area contributed by atoms with Crippen LogP contribution in [-0.4, -0.2) is 41.6 Å². The summed E-state index contributed by atoms with van der Waals surface area (Å²) in [7, 11) is -4.27. The SMILES string of the molecule is O=S(=O)(O)C(CO)CO.[H-].[Na+]. The van der Waals surface area contributed by atoms with Crippen LogP contribution in [0.1, 0.15) is 1.43 Å². The van der Waals surface area contributed by atoms with Gasteiger partial charge in [-0.1, -0.05) is 0 Å². The van der Waals surface area contributed by atoms with Gasteiger partial charge < -0.3 is 11.6 Å². The first kappa shape index (κ1) is 13.4. The van der Waals surface area contributed by atoms with Gasteiger partial charge in [0.05, 0.1) is 13.2 Å². The molecular formula is C3H9NaO5S. The molecule has 0 fully saturated rings. The number of aliphatic hydroxyl groups excluding tert-OH is 2. The van der Waals surface area contributed by atoms with Gasteiger partial charge in [0.25, 0.3) is 10.1 Å². The summed E-state index contributed by atoms with van der Waals surface area (Å²) in [5.74, 6) is 0. The quantitative estimate of drug-likeness (QED) is 0.300. The molecule has 0 rings (SSSR count). The fourth-order valence-electron chi connectivity index (χ4n) is 0.246. The average Bonchev–Trinajstić information content (AvgIpc) is 1.65. The zero-order valence-electron chi connectivity index (χ0n) is 6.56. The average molecular weight is 180 g/mol. The molecule has 0 bridgehead atoms. The van der Waals surface area contributed by atoms with Gasteiger partial charge in [0.1, 0.15) is 5.25 Å². The number of rotatable bonds is 3. The molecule has 58 valence electrons. The van der Waals surface area contributed by atoms with Crippen LogP contribution in [0.2, 0.25) is 0 Å². The molecule has 0 amide bonds. The molecule has 0 saturated heterocycles. The van der Waals surface area contributed by atoms with Gasteiger partial charge in [0.2, 0.25) is 0 Å². The Morgan fingerprint density at radius 2 is 1.60 bits per heavy atom. The van der Waals surface area contributed by atoms with E-state index in [2.05, 4.69) is 0 Å². The van der Waals surface area contributed by atoms with Crippen molar-refractivity contribution in [1.29, 1.82) is 0 Å². The molecule has 7 heteroatoms. The van der Waals surface area contributed by atoms with E-state index >= 15 is 0 Å². The van der Waals surface area contributed by atoms with Crippen molar-refractivity contribution in [2.75, 3.05) is 13.2 Å². The fourth-order valence-corrected chi connectivity index (χ4v) is 0.623. The molecule has 0 aromatic heterocycles. The van der Waals surface area contributed by atoms with Crippen molar-refractivity contribution >= 4 is 10.1 Å². The van der Waals surface area contributed by atoms with Crippen molar-refractivity contribution in [2.45, 2.75) is 5.25 Å². The first-order valence-electron chi connectivity index (χ1n) is 2.20. The van der Waals surface area contributed by atoms with Crippen molar-refractivity contribution in [2.24, 2.45) is 0 Å². The van der Waals surface area contributed by atoms with Gasteiger partial charge in [-0.2, -0.15) is 8.42 Å². The standard InChI is InChI=1S/C3H8O5S.Na.H/c4-1-3(2-5)9(6,7)8;;/h3-5H,1-2H2,(H,6,7,8);;/q;+1;-1. The van der Waals surface area contributed by atoms with Crippen LogP contribution in [0.3, 0.4) is 0 Å². The summed E-state index contributed by atoms with van der Waals surface area (Å²) in [6.45, 7) is -1.54. The van der Waals surface area contributed by atoms with Gasteiger partial charge in [-0.15, -0.1) is 0 Å². The van der Waals surface area contributed by atoms with E-state index < -0.39 is 28.6 Å². The molecule has 0 aliphatic heterocycles. The minimum atomic E-state index is -4.27. The van der Waals surface area contributed by atoms with Gasteiger partial charge in [-0.25, -0.2) is 0 Å². The van der Waals surface area contributed by atoms with Crippen molar-refractivity contribution in [3.05, 3.63) is 0 Å². The van der Waals surface area contributed by atoms with Crippen molar-refractivity contribution in [3.8, 4) is 0 Å².